The van der Waals surface area contributed by atoms with Crippen molar-refractivity contribution in [2.45, 2.75) is 13.5 Å². The minimum Gasteiger partial charge on any atom is -0.492 e. The summed E-state index contributed by atoms with van der Waals surface area (Å²) < 4.78 is 5.62. The van der Waals surface area contributed by atoms with Gasteiger partial charge in [-0.25, -0.2) is 0 Å². The van der Waals surface area contributed by atoms with Crippen LogP contribution in [0.1, 0.15) is 12.5 Å². The highest BCUT2D eigenvalue weighted by Crippen LogP contribution is 2.29. The molecule has 0 bridgehead atoms. The molecule has 0 atom stereocenters. The molecule has 0 aliphatic heterocycles. The van der Waals surface area contributed by atoms with Crippen molar-refractivity contribution in [3.8, 4) is 5.75 Å². The zero-order chi connectivity index (χ0) is 14.7. The van der Waals surface area contributed by atoms with Crippen LogP contribution in [0.5, 0.6) is 5.75 Å². The molecular formula is C17H17ClN2O. The second-order valence-electron chi connectivity index (χ2n) is 4.79. The average molecular weight is 301 g/mol. The molecule has 0 aliphatic rings. The van der Waals surface area contributed by atoms with E-state index in [1.165, 1.54) is 10.9 Å². The molecule has 0 spiro atoms. The van der Waals surface area contributed by atoms with Crippen molar-refractivity contribution >= 4 is 28.2 Å². The molecule has 0 unspecified atom stereocenters. The Morgan fingerprint density at radius 3 is 2.95 bits per heavy atom. The molecule has 0 saturated carbocycles. The topological polar surface area (TPSA) is 37.0 Å². The molecule has 21 heavy (non-hydrogen) atoms. The van der Waals surface area contributed by atoms with Gasteiger partial charge in [0.1, 0.15) is 5.75 Å². The van der Waals surface area contributed by atoms with Gasteiger partial charge in [-0.3, -0.25) is 0 Å². The van der Waals surface area contributed by atoms with Gasteiger partial charge in [0.15, 0.2) is 0 Å². The van der Waals surface area contributed by atoms with Gasteiger partial charge in [0.05, 0.1) is 17.8 Å². The van der Waals surface area contributed by atoms with Gasteiger partial charge in [0.25, 0.3) is 0 Å². The zero-order valence-corrected chi connectivity index (χ0v) is 12.6. The van der Waals surface area contributed by atoms with Gasteiger partial charge in [-0.15, -0.1) is 0 Å². The molecule has 1 heterocycles. The fraction of sp³-hybridized carbons (Fsp3) is 0.176. The summed E-state index contributed by atoms with van der Waals surface area (Å²) in [7, 11) is 0. The minimum absolute atomic E-state index is 0.628. The minimum atomic E-state index is 0.628. The number of ether oxygens (including phenoxy) is 1. The lowest BCUT2D eigenvalue weighted by Crippen LogP contribution is -2.03. The van der Waals surface area contributed by atoms with Crippen molar-refractivity contribution in [2.75, 3.05) is 11.9 Å². The molecule has 4 heteroatoms. The maximum Gasteiger partial charge on any atom is 0.142 e. The quantitative estimate of drug-likeness (QED) is 0.708. The maximum atomic E-state index is 6.07. The van der Waals surface area contributed by atoms with Crippen LogP contribution in [0.3, 0.4) is 0 Å². The van der Waals surface area contributed by atoms with E-state index >= 15 is 0 Å². The van der Waals surface area contributed by atoms with Crippen molar-refractivity contribution in [3.05, 3.63) is 59.2 Å². The Labute approximate surface area is 128 Å². The fourth-order valence-electron chi connectivity index (χ4n) is 2.41. The second kappa shape index (κ2) is 6.10. The Morgan fingerprint density at radius 2 is 2.10 bits per heavy atom. The lowest BCUT2D eigenvalue weighted by molar-refractivity contribution is 0.341. The van der Waals surface area contributed by atoms with E-state index in [0.29, 0.717) is 18.2 Å². The van der Waals surface area contributed by atoms with E-state index in [2.05, 4.69) is 34.6 Å². The van der Waals surface area contributed by atoms with E-state index in [9.17, 15) is 0 Å². The number of anilines is 1. The first-order valence-electron chi connectivity index (χ1n) is 6.99. The number of fused-ring (bicyclic) bond motifs is 1. The van der Waals surface area contributed by atoms with E-state index in [4.69, 9.17) is 16.3 Å². The Balaban J connectivity index is 1.84. The van der Waals surface area contributed by atoms with E-state index < -0.39 is 0 Å². The van der Waals surface area contributed by atoms with Gasteiger partial charge in [0, 0.05) is 17.8 Å². The van der Waals surface area contributed by atoms with Crippen LogP contribution < -0.4 is 10.1 Å². The van der Waals surface area contributed by atoms with Crippen LogP contribution in [0.2, 0.25) is 5.02 Å². The highest BCUT2D eigenvalue weighted by Gasteiger charge is 2.06. The van der Waals surface area contributed by atoms with Gasteiger partial charge in [-0.05, 0) is 42.1 Å². The normalized spacial score (nSPS) is 10.8. The van der Waals surface area contributed by atoms with E-state index in [1.54, 1.807) is 0 Å². The van der Waals surface area contributed by atoms with Crippen LogP contribution in [-0.2, 0) is 6.54 Å². The summed E-state index contributed by atoms with van der Waals surface area (Å²) in [5, 5.41) is 5.31. The number of hydrogen-bond acceptors (Lipinski definition) is 2. The van der Waals surface area contributed by atoms with Crippen LogP contribution >= 0.6 is 11.6 Å². The van der Waals surface area contributed by atoms with Crippen LogP contribution in [0.4, 0.5) is 5.69 Å². The smallest absolute Gasteiger partial charge is 0.142 e. The molecule has 1 aromatic heterocycles. The number of para-hydroxylation sites is 1. The molecule has 108 valence electrons. The first-order chi connectivity index (χ1) is 10.3. The second-order valence-corrected chi connectivity index (χ2v) is 5.22. The molecule has 2 aromatic carbocycles. The van der Waals surface area contributed by atoms with Gasteiger partial charge in [-0.1, -0.05) is 29.8 Å². The highest BCUT2D eigenvalue weighted by molar-refractivity contribution is 6.30. The molecular weight excluding hydrogens is 284 g/mol. The Hall–Kier alpha value is -2.13. The average Bonchev–Trinajstić information content (AvgIpc) is 2.96. The summed E-state index contributed by atoms with van der Waals surface area (Å²) in [5.74, 6) is 0.820. The molecule has 0 radical (unpaired) electrons. The van der Waals surface area contributed by atoms with E-state index in [-0.39, 0.29) is 0 Å². The van der Waals surface area contributed by atoms with Crippen molar-refractivity contribution in [1.29, 1.82) is 0 Å². The van der Waals surface area contributed by atoms with Gasteiger partial charge in [-0.2, -0.15) is 0 Å². The van der Waals surface area contributed by atoms with Crippen molar-refractivity contribution in [2.24, 2.45) is 0 Å². The molecule has 2 N–H and O–H groups in total. The third-order valence-electron chi connectivity index (χ3n) is 3.38. The Bertz CT molecular complexity index is 751. The van der Waals surface area contributed by atoms with Crippen LogP contribution in [0.25, 0.3) is 10.9 Å². The molecule has 0 amide bonds. The fourth-order valence-corrected chi connectivity index (χ4v) is 2.58. The number of benzene rings is 2. The van der Waals surface area contributed by atoms with Gasteiger partial charge < -0.3 is 15.0 Å². The van der Waals surface area contributed by atoms with Gasteiger partial charge >= 0.3 is 0 Å². The number of nitrogens with one attached hydrogen (secondary N) is 2. The Morgan fingerprint density at radius 1 is 1.19 bits per heavy atom. The lowest BCUT2D eigenvalue weighted by Gasteiger charge is -2.13. The number of aromatic amines is 1. The third-order valence-corrected chi connectivity index (χ3v) is 3.62. The number of H-pyrrole nitrogens is 1. The predicted molar refractivity (Wildman–Crippen MR) is 88.2 cm³/mol. The third kappa shape index (κ3) is 2.98. The number of hydrogen-bond donors (Lipinski definition) is 2. The standard InChI is InChI=1S/C17H17ClN2O/c1-2-21-16-7-6-14(18)10-15(16)20-11-13-5-3-4-12-8-9-19-17(12)13/h3-10,19-20H,2,11H2,1H3. The summed E-state index contributed by atoms with van der Waals surface area (Å²) in [4.78, 5) is 3.28. The number of halogens is 1. The first kappa shape index (κ1) is 13.8. The SMILES string of the molecule is CCOc1ccc(Cl)cc1NCc1cccc2cc[nH]c12. The highest BCUT2D eigenvalue weighted by atomic mass is 35.5. The van der Waals surface area contributed by atoms with Crippen LogP contribution in [-0.4, -0.2) is 11.6 Å². The number of rotatable bonds is 5. The van der Waals surface area contributed by atoms with Crippen molar-refractivity contribution in [3.63, 3.8) is 0 Å². The monoisotopic (exact) mass is 300 g/mol. The van der Waals surface area contributed by atoms with E-state index in [0.717, 1.165) is 17.0 Å². The van der Waals surface area contributed by atoms with Crippen molar-refractivity contribution in [1.82, 2.24) is 4.98 Å². The molecule has 3 nitrogen and oxygen atoms in total. The summed E-state index contributed by atoms with van der Waals surface area (Å²) in [6.07, 6.45) is 1.96. The summed E-state index contributed by atoms with van der Waals surface area (Å²) in [6.45, 7) is 3.30. The summed E-state index contributed by atoms with van der Waals surface area (Å²) >= 11 is 6.07. The Kier molecular flexibility index (Phi) is 4.02. The van der Waals surface area contributed by atoms with Crippen LogP contribution in [0.15, 0.2) is 48.7 Å². The van der Waals surface area contributed by atoms with Crippen LogP contribution in [0, 0.1) is 0 Å². The predicted octanol–water partition coefficient (Wildman–Crippen LogP) is 4.83. The molecule has 3 aromatic rings. The van der Waals surface area contributed by atoms with Crippen molar-refractivity contribution < 1.29 is 4.74 Å². The molecule has 0 aliphatic carbocycles. The summed E-state index contributed by atoms with van der Waals surface area (Å²) in [6, 6.07) is 14.0. The summed E-state index contributed by atoms with van der Waals surface area (Å²) in [5.41, 5.74) is 3.28. The zero-order valence-electron chi connectivity index (χ0n) is 11.8. The number of aromatic nitrogens is 1. The molecule has 0 saturated heterocycles. The maximum absolute atomic E-state index is 6.07. The van der Waals surface area contributed by atoms with Gasteiger partial charge in [0.2, 0.25) is 0 Å². The first-order valence-corrected chi connectivity index (χ1v) is 7.37. The largest absolute Gasteiger partial charge is 0.492 e. The molecule has 3 rings (SSSR count). The van der Waals surface area contributed by atoms with E-state index in [1.807, 2.05) is 31.3 Å². The molecule has 0 fully saturated rings. The lowest BCUT2D eigenvalue weighted by atomic mass is 10.1.